The van der Waals surface area contributed by atoms with E-state index in [0.29, 0.717) is 11.7 Å². The van der Waals surface area contributed by atoms with E-state index in [4.69, 9.17) is 5.11 Å². The molecule has 5 nitrogen and oxygen atoms in total. The molecule has 0 fully saturated rings. The van der Waals surface area contributed by atoms with Gasteiger partial charge in [-0.2, -0.15) is 0 Å². The van der Waals surface area contributed by atoms with E-state index >= 15 is 0 Å². The fraction of sp³-hybridized carbons (Fsp3) is 0.545. The Balaban J connectivity index is 2.35. The topological polar surface area (TPSA) is 75.1 Å². The Bertz CT molecular complexity index is 336. The summed E-state index contributed by atoms with van der Waals surface area (Å²) in [5.41, 5.74) is -0.0345. The fourth-order valence-electron chi connectivity index (χ4n) is 1.26. The number of anilines is 1. The number of carbonyl (C=O) groups is 1. The molecule has 0 spiro atoms. The Kier molecular flexibility index (Phi) is 4.69. The number of hydrogen-bond acceptors (Lipinski definition) is 4. The van der Waals surface area contributed by atoms with Gasteiger partial charge in [0.1, 0.15) is 5.82 Å². The average Bonchev–Trinajstić information content (AvgIpc) is 2.25. The van der Waals surface area contributed by atoms with Crippen molar-refractivity contribution < 1.29 is 9.90 Å². The lowest BCUT2D eigenvalue weighted by atomic mass is 10.1. The number of rotatable bonds is 6. The maximum absolute atomic E-state index is 10.5. The summed E-state index contributed by atoms with van der Waals surface area (Å²) in [7, 11) is 0. The van der Waals surface area contributed by atoms with Gasteiger partial charge in [-0.25, -0.2) is 14.8 Å². The van der Waals surface area contributed by atoms with Crippen molar-refractivity contribution in [3.63, 3.8) is 0 Å². The first-order chi connectivity index (χ1) is 7.59. The molecule has 1 aromatic rings. The van der Waals surface area contributed by atoms with Gasteiger partial charge in [-0.1, -0.05) is 13.8 Å². The molecular formula is C11H17N3O2. The van der Waals surface area contributed by atoms with Gasteiger partial charge < -0.3 is 10.4 Å². The first-order valence-corrected chi connectivity index (χ1v) is 5.39. The molecule has 88 valence electrons. The zero-order valence-corrected chi connectivity index (χ0v) is 9.60. The molecule has 0 aliphatic carbocycles. The molecular weight excluding hydrogens is 206 g/mol. The number of carboxylic acids is 1. The highest BCUT2D eigenvalue weighted by molar-refractivity contribution is 5.84. The lowest BCUT2D eigenvalue weighted by Gasteiger charge is -2.06. The van der Waals surface area contributed by atoms with Crippen LogP contribution in [0.25, 0.3) is 0 Å². The second kappa shape index (κ2) is 6.05. The Morgan fingerprint density at radius 3 is 2.69 bits per heavy atom. The van der Waals surface area contributed by atoms with E-state index in [1.54, 1.807) is 0 Å². The summed E-state index contributed by atoms with van der Waals surface area (Å²) in [5, 5.41) is 11.7. The molecule has 0 radical (unpaired) electrons. The molecule has 16 heavy (non-hydrogen) atoms. The predicted octanol–water partition coefficient (Wildman–Crippen LogP) is 2.02. The SMILES string of the molecule is CC(C)CCCNc1cnc(C(=O)O)cn1. The molecule has 0 unspecified atom stereocenters. The standard InChI is InChI=1S/C11H17N3O2/c1-8(2)4-3-5-12-10-7-13-9(6-14-10)11(15)16/h6-8H,3-5H2,1-2H3,(H,12,14)(H,15,16). The van der Waals surface area contributed by atoms with Crippen LogP contribution in [0.15, 0.2) is 12.4 Å². The Morgan fingerprint density at radius 1 is 1.44 bits per heavy atom. The maximum Gasteiger partial charge on any atom is 0.356 e. The second-order valence-corrected chi connectivity index (χ2v) is 4.05. The summed E-state index contributed by atoms with van der Waals surface area (Å²) in [5.74, 6) is 0.259. The molecule has 0 bridgehead atoms. The third-order valence-corrected chi connectivity index (χ3v) is 2.14. The van der Waals surface area contributed by atoms with Gasteiger partial charge in [-0.3, -0.25) is 0 Å². The summed E-state index contributed by atoms with van der Waals surface area (Å²) >= 11 is 0. The third-order valence-electron chi connectivity index (χ3n) is 2.14. The van der Waals surface area contributed by atoms with Crippen LogP contribution < -0.4 is 5.32 Å². The van der Waals surface area contributed by atoms with E-state index < -0.39 is 5.97 Å². The number of aromatic nitrogens is 2. The van der Waals surface area contributed by atoms with Crippen LogP contribution in [0.1, 0.15) is 37.2 Å². The van der Waals surface area contributed by atoms with Crippen molar-refractivity contribution in [2.45, 2.75) is 26.7 Å². The number of nitrogens with one attached hydrogen (secondary N) is 1. The van der Waals surface area contributed by atoms with Crippen LogP contribution in [0.3, 0.4) is 0 Å². The van der Waals surface area contributed by atoms with Crippen molar-refractivity contribution in [2.75, 3.05) is 11.9 Å². The highest BCUT2D eigenvalue weighted by atomic mass is 16.4. The Morgan fingerprint density at radius 2 is 2.19 bits per heavy atom. The average molecular weight is 223 g/mol. The van der Waals surface area contributed by atoms with Gasteiger partial charge in [0.05, 0.1) is 12.4 Å². The highest BCUT2D eigenvalue weighted by Crippen LogP contribution is 2.05. The first kappa shape index (κ1) is 12.4. The van der Waals surface area contributed by atoms with E-state index in [1.807, 2.05) is 0 Å². The Hall–Kier alpha value is -1.65. The molecule has 0 saturated heterocycles. The minimum absolute atomic E-state index is 0.0345. The lowest BCUT2D eigenvalue weighted by Crippen LogP contribution is -2.07. The van der Waals surface area contributed by atoms with Gasteiger partial charge in [0.25, 0.3) is 0 Å². The highest BCUT2D eigenvalue weighted by Gasteiger charge is 2.04. The van der Waals surface area contributed by atoms with Crippen LogP contribution in [0, 0.1) is 5.92 Å². The van der Waals surface area contributed by atoms with E-state index in [0.717, 1.165) is 19.4 Å². The number of carboxylic acid groups (broad SMARTS) is 1. The molecule has 1 rings (SSSR count). The van der Waals surface area contributed by atoms with E-state index in [2.05, 4.69) is 29.1 Å². The number of nitrogens with zero attached hydrogens (tertiary/aromatic N) is 2. The van der Waals surface area contributed by atoms with Crippen LogP contribution in [-0.4, -0.2) is 27.6 Å². The van der Waals surface area contributed by atoms with Crippen molar-refractivity contribution in [3.8, 4) is 0 Å². The van der Waals surface area contributed by atoms with Crippen molar-refractivity contribution >= 4 is 11.8 Å². The van der Waals surface area contributed by atoms with Crippen LogP contribution in [0.5, 0.6) is 0 Å². The van der Waals surface area contributed by atoms with Gasteiger partial charge in [0.15, 0.2) is 5.69 Å². The molecule has 0 saturated carbocycles. The molecule has 2 N–H and O–H groups in total. The van der Waals surface area contributed by atoms with Crippen LogP contribution in [0.4, 0.5) is 5.82 Å². The lowest BCUT2D eigenvalue weighted by molar-refractivity contribution is 0.0690. The molecule has 0 aliphatic rings. The molecule has 0 amide bonds. The van der Waals surface area contributed by atoms with Gasteiger partial charge in [0, 0.05) is 6.54 Å². The third kappa shape index (κ3) is 4.25. The predicted molar refractivity (Wildman–Crippen MR) is 61.6 cm³/mol. The van der Waals surface area contributed by atoms with Crippen molar-refractivity contribution in [3.05, 3.63) is 18.1 Å². The largest absolute Gasteiger partial charge is 0.476 e. The number of hydrogen-bond donors (Lipinski definition) is 2. The van der Waals surface area contributed by atoms with Gasteiger partial charge in [-0.05, 0) is 18.8 Å². The minimum Gasteiger partial charge on any atom is -0.476 e. The quantitative estimate of drug-likeness (QED) is 0.722. The minimum atomic E-state index is -1.06. The first-order valence-electron chi connectivity index (χ1n) is 5.39. The van der Waals surface area contributed by atoms with Crippen LogP contribution in [-0.2, 0) is 0 Å². The molecule has 5 heteroatoms. The zero-order chi connectivity index (χ0) is 12.0. The summed E-state index contributed by atoms with van der Waals surface area (Å²) in [6.07, 6.45) is 4.93. The normalized spacial score (nSPS) is 10.4. The summed E-state index contributed by atoms with van der Waals surface area (Å²) in [4.78, 5) is 18.3. The summed E-state index contributed by atoms with van der Waals surface area (Å²) in [6.45, 7) is 5.20. The second-order valence-electron chi connectivity index (χ2n) is 4.05. The van der Waals surface area contributed by atoms with Crippen LogP contribution >= 0.6 is 0 Å². The zero-order valence-electron chi connectivity index (χ0n) is 9.60. The monoisotopic (exact) mass is 223 g/mol. The summed E-state index contributed by atoms with van der Waals surface area (Å²) < 4.78 is 0. The van der Waals surface area contributed by atoms with Gasteiger partial charge in [-0.15, -0.1) is 0 Å². The van der Waals surface area contributed by atoms with Crippen LogP contribution in [0.2, 0.25) is 0 Å². The smallest absolute Gasteiger partial charge is 0.356 e. The van der Waals surface area contributed by atoms with Crippen molar-refractivity contribution in [1.29, 1.82) is 0 Å². The van der Waals surface area contributed by atoms with Gasteiger partial charge >= 0.3 is 5.97 Å². The summed E-state index contributed by atoms with van der Waals surface area (Å²) in [6, 6.07) is 0. The Labute approximate surface area is 94.9 Å². The maximum atomic E-state index is 10.5. The van der Waals surface area contributed by atoms with Crippen molar-refractivity contribution in [1.82, 2.24) is 9.97 Å². The molecule has 1 heterocycles. The van der Waals surface area contributed by atoms with Gasteiger partial charge in [0.2, 0.25) is 0 Å². The fourth-order valence-corrected chi connectivity index (χ4v) is 1.26. The number of aromatic carboxylic acids is 1. The van der Waals surface area contributed by atoms with Crippen molar-refractivity contribution in [2.24, 2.45) is 5.92 Å². The molecule has 1 aromatic heterocycles. The molecule has 0 aromatic carbocycles. The molecule has 0 aliphatic heterocycles. The van der Waals surface area contributed by atoms with E-state index in [1.165, 1.54) is 12.4 Å². The van der Waals surface area contributed by atoms with E-state index in [-0.39, 0.29) is 5.69 Å². The van der Waals surface area contributed by atoms with E-state index in [9.17, 15) is 4.79 Å². The molecule has 0 atom stereocenters.